The van der Waals surface area contributed by atoms with E-state index in [9.17, 15) is 19.5 Å². The first-order chi connectivity index (χ1) is 8.36. The van der Waals surface area contributed by atoms with Gasteiger partial charge in [-0.25, -0.2) is 4.79 Å². The summed E-state index contributed by atoms with van der Waals surface area (Å²) in [6, 6.07) is 0. The summed E-state index contributed by atoms with van der Waals surface area (Å²) in [7, 11) is 0. The third kappa shape index (κ3) is 3.07. The van der Waals surface area contributed by atoms with Crippen LogP contribution < -0.4 is 11.2 Å². The predicted molar refractivity (Wildman–Crippen MR) is 65.1 cm³/mol. The molecular weight excluding hydrogens is 238 g/mol. The lowest BCUT2D eigenvalue weighted by molar-refractivity contribution is -0.140. The number of hydrogen-bond acceptors (Lipinski definition) is 4. The van der Waals surface area contributed by atoms with E-state index in [-0.39, 0.29) is 12.5 Å². The summed E-state index contributed by atoms with van der Waals surface area (Å²) in [6.07, 6.45) is 0.414. The number of amides is 1. The number of H-pyrrole nitrogens is 1. The number of nitrogens with zero attached hydrogens (tertiary/aromatic N) is 2. The van der Waals surface area contributed by atoms with Crippen molar-refractivity contribution in [1.82, 2.24) is 14.5 Å². The Morgan fingerprint density at radius 2 is 2.17 bits per heavy atom. The van der Waals surface area contributed by atoms with Crippen molar-refractivity contribution in [3.05, 3.63) is 32.6 Å². The highest BCUT2D eigenvalue weighted by Crippen LogP contribution is 1.97. The molecule has 0 radical (unpaired) electrons. The van der Waals surface area contributed by atoms with Crippen LogP contribution in [0.15, 0.2) is 15.8 Å². The van der Waals surface area contributed by atoms with Gasteiger partial charge in [0.15, 0.2) is 0 Å². The lowest BCUT2D eigenvalue weighted by Gasteiger charge is -2.24. The van der Waals surface area contributed by atoms with Crippen molar-refractivity contribution in [3.8, 4) is 0 Å². The summed E-state index contributed by atoms with van der Waals surface area (Å²) in [4.78, 5) is 37.8. The number of aliphatic hydroxyl groups excluding tert-OH is 1. The lowest BCUT2D eigenvalue weighted by Crippen LogP contribution is -2.42. The summed E-state index contributed by atoms with van der Waals surface area (Å²) in [6.45, 7) is 4.88. The zero-order valence-electron chi connectivity index (χ0n) is 10.6. The summed E-state index contributed by atoms with van der Waals surface area (Å²) < 4.78 is 1.12. The molecule has 1 aromatic rings. The Bertz CT molecular complexity index is 544. The molecule has 0 aliphatic rings. The first-order valence-corrected chi connectivity index (χ1v) is 5.64. The first kappa shape index (κ1) is 14.2. The first-order valence-electron chi connectivity index (χ1n) is 5.64. The molecule has 1 rings (SSSR count). The van der Waals surface area contributed by atoms with Crippen LogP contribution in [0.3, 0.4) is 0 Å². The normalized spacial score (nSPS) is 12.2. The van der Waals surface area contributed by atoms with Gasteiger partial charge in [0.1, 0.15) is 12.8 Å². The van der Waals surface area contributed by atoms with Crippen molar-refractivity contribution in [2.24, 2.45) is 0 Å². The fraction of sp³-hybridized carbons (Fsp3) is 0.545. The fourth-order valence-corrected chi connectivity index (χ4v) is 1.62. The van der Waals surface area contributed by atoms with Gasteiger partial charge in [0.2, 0.25) is 5.91 Å². The van der Waals surface area contributed by atoms with Crippen LogP contribution in [0.4, 0.5) is 0 Å². The van der Waals surface area contributed by atoms with E-state index in [2.05, 4.69) is 4.98 Å². The van der Waals surface area contributed by atoms with Crippen LogP contribution >= 0.6 is 0 Å². The molecule has 0 aromatic carbocycles. The van der Waals surface area contributed by atoms with E-state index in [1.165, 1.54) is 18.0 Å². The van der Waals surface area contributed by atoms with Gasteiger partial charge in [-0.05, 0) is 20.8 Å². The van der Waals surface area contributed by atoms with Crippen LogP contribution in [0, 0.1) is 6.92 Å². The van der Waals surface area contributed by atoms with Crippen LogP contribution in [0.2, 0.25) is 0 Å². The second kappa shape index (κ2) is 5.63. The number of aromatic amines is 1. The highest BCUT2D eigenvalue weighted by Gasteiger charge is 2.17. The third-order valence-corrected chi connectivity index (χ3v) is 2.61. The summed E-state index contributed by atoms with van der Waals surface area (Å²) in [5.74, 6) is -0.388. The molecule has 0 saturated carbocycles. The highest BCUT2D eigenvalue weighted by molar-refractivity contribution is 5.76. The summed E-state index contributed by atoms with van der Waals surface area (Å²) in [5, 5.41) is 9.39. The molecule has 100 valence electrons. The van der Waals surface area contributed by atoms with Gasteiger partial charge in [0, 0.05) is 18.3 Å². The number of aryl methyl sites for hydroxylation is 1. The van der Waals surface area contributed by atoms with E-state index >= 15 is 0 Å². The molecule has 1 aromatic heterocycles. The van der Waals surface area contributed by atoms with E-state index in [1.807, 2.05) is 0 Å². The minimum atomic E-state index is -0.915. The quantitative estimate of drug-likeness (QED) is 0.677. The zero-order valence-corrected chi connectivity index (χ0v) is 10.6. The molecule has 0 fully saturated rings. The van der Waals surface area contributed by atoms with Gasteiger partial charge in [0.25, 0.3) is 5.56 Å². The SMILES string of the molecule is CCN(C(=O)Cn1cc(C)c(=O)[nH]c1=O)C(C)O. The van der Waals surface area contributed by atoms with E-state index in [0.717, 1.165) is 4.57 Å². The smallest absolute Gasteiger partial charge is 0.328 e. The van der Waals surface area contributed by atoms with Crippen LogP contribution in [-0.4, -0.2) is 38.2 Å². The second-order valence-corrected chi connectivity index (χ2v) is 4.01. The van der Waals surface area contributed by atoms with Gasteiger partial charge in [0.05, 0.1) is 0 Å². The second-order valence-electron chi connectivity index (χ2n) is 4.01. The van der Waals surface area contributed by atoms with E-state index in [1.54, 1.807) is 13.8 Å². The van der Waals surface area contributed by atoms with E-state index in [0.29, 0.717) is 12.1 Å². The van der Waals surface area contributed by atoms with Crippen LogP contribution in [0.25, 0.3) is 0 Å². The highest BCUT2D eigenvalue weighted by atomic mass is 16.3. The molecule has 0 aliphatic heterocycles. The van der Waals surface area contributed by atoms with Crippen LogP contribution in [0.5, 0.6) is 0 Å². The fourth-order valence-electron chi connectivity index (χ4n) is 1.62. The molecule has 0 bridgehead atoms. The van der Waals surface area contributed by atoms with Crippen molar-refractivity contribution in [2.45, 2.75) is 33.5 Å². The van der Waals surface area contributed by atoms with Gasteiger partial charge in [-0.2, -0.15) is 0 Å². The average Bonchev–Trinajstić information content (AvgIpc) is 2.26. The molecule has 0 spiro atoms. The molecule has 1 atom stereocenters. The number of aromatic nitrogens is 2. The Kier molecular flexibility index (Phi) is 4.43. The van der Waals surface area contributed by atoms with Gasteiger partial charge >= 0.3 is 5.69 Å². The number of aliphatic hydroxyl groups is 1. The Morgan fingerprint density at radius 1 is 1.56 bits per heavy atom. The monoisotopic (exact) mass is 255 g/mol. The minimum absolute atomic E-state index is 0.213. The number of carbonyl (C=O) groups is 1. The zero-order chi connectivity index (χ0) is 13.9. The molecule has 1 heterocycles. The largest absolute Gasteiger partial charge is 0.374 e. The Labute approximate surface area is 104 Å². The molecule has 7 nitrogen and oxygen atoms in total. The lowest BCUT2D eigenvalue weighted by atomic mass is 10.3. The molecule has 7 heteroatoms. The van der Waals surface area contributed by atoms with Gasteiger partial charge in [-0.15, -0.1) is 0 Å². The Balaban J connectivity index is 2.98. The number of hydrogen-bond donors (Lipinski definition) is 2. The molecule has 18 heavy (non-hydrogen) atoms. The average molecular weight is 255 g/mol. The van der Waals surface area contributed by atoms with Crippen LogP contribution in [-0.2, 0) is 11.3 Å². The number of likely N-dealkylation sites (N-methyl/N-ethyl adjacent to an activating group) is 1. The van der Waals surface area contributed by atoms with Crippen molar-refractivity contribution in [2.75, 3.05) is 6.54 Å². The number of rotatable bonds is 4. The van der Waals surface area contributed by atoms with Gasteiger partial charge < -0.3 is 10.0 Å². The van der Waals surface area contributed by atoms with Crippen LogP contribution in [0.1, 0.15) is 19.4 Å². The molecule has 0 saturated heterocycles. The van der Waals surface area contributed by atoms with Crippen molar-refractivity contribution >= 4 is 5.91 Å². The van der Waals surface area contributed by atoms with E-state index in [4.69, 9.17) is 0 Å². The molecule has 2 N–H and O–H groups in total. The van der Waals surface area contributed by atoms with Gasteiger partial charge in [-0.1, -0.05) is 0 Å². The van der Waals surface area contributed by atoms with Gasteiger partial charge in [-0.3, -0.25) is 19.1 Å². The number of carbonyl (C=O) groups excluding carboxylic acids is 1. The third-order valence-electron chi connectivity index (χ3n) is 2.61. The molecular formula is C11H17N3O4. The maximum Gasteiger partial charge on any atom is 0.328 e. The standard InChI is InChI=1S/C11H17N3O4/c1-4-14(8(3)15)9(16)6-13-5-7(2)10(17)12-11(13)18/h5,8,15H,4,6H2,1-3H3,(H,12,17,18). The molecule has 0 aliphatic carbocycles. The Morgan fingerprint density at radius 3 is 2.67 bits per heavy atom. The predicted octanol–water partition coefficient (Wildman–Crippen LogP) is -0.968. The van der Waals surface area contributed by atoms with E-state index < -0.39 is 17.5 Å². The molecule has 1 unspecified atom stereocenters. The Hall–Kier alpha value is -1.89. The maximum absolute atomic E-state index is 11.8. The van der Waals surface area contributed by atoms with Crippen molar-refractivity contribution in [1.29, 1.82) is 0 Å². The van der Waals surface area contributed by atoms with Crippen molar-refractivity contribution < 1.29 is 9.90 Å². The topological polar surface area (TPSA) is 95.4 Å². The molecule has 1 amide bonds. The summed E-state index contributed by atoms with van der Waals surface area (Å²) in [5.41, 5.74) is -0.755. The maximum atomic E-state index is 11.8. The minimum Gasteiger partial charge on any atom is -0.374 e. The van der Waals surface area contributed by atoms with Crippen molar-refractivity contribution in [3.63, 3.8) is 0 Å². The summed E-state index contributed by atoms with van der Waals surface area (Å²) >= 11 is 0. The number of nitrogens with one attached hydrogen (secondary N) is 1.